The van der Waals surface area contributed by atoms with Crippen LogP contribution >= 0.6 is 15.6 Å². The fourth-order valence-corrected chi connectivity index (χ4v) is 12.7. The van der Waals surface area contributed by atoms with Crippen molar-refractivity contribution in [2.75, 3.05) is 39.6 Å². The maximum absolute atomic E-state index is 13.1. The summed E-state index contributed by atoms with van der Waals surface area (Å²) in [5, 5.41) is 10.6. The van der Waals surface area contributed by atoms with E-state index in [4.69, 9.17) is 37.0 Å². The highest BCUT2D eigenvalue weighted by atomic mass is 31.2. The fourth-order valence-electron chi connectivity index (χ4n) is 11.2. The summed E-state index contributed by atoms with van der Waals surface area (Å²) in [6.45, 7) is 14.1. The van der Waals surface area contributed by atoms with Crippen LogP contribution in [0.1, 0.15) is 370 Å². The maximum Gasteiger partial charge on any atom is 0.472 e. The molecule has 0 aromatic carbocycles. The molecular formula is C74H144O17P2. The lowest BCUT2D eigenvalue weighted by Gasteiger charge is -2.21. The minimum atomic E-state index is -4.96. The molecule has 0 rings (SSSR count). The summed E-state index contributed by atoms with van der Waals surface area (Å²) in [5.74, 6) is 0.901. The number of aliphatic hydroxyl groups is 1. The number of carbonyl (C=O) groups excluding carboxylic acids is 4. The minimum absolute atomic E-state index is 0.102. The van der Waals surface area contributed by atoms with Crippen LogP contribution in [0.3, 0.4) is 0 Å². The van der Waals surface area contributed by atoms with Crippen LogP contribution in [0, 0.1) is 23.7 Å². The number of hydrogen-bond donors (Lipinski definition) is 3. The van der Waals surface area contributed by atoms with Gasteiger partial charge in [-0.2, -0.15) is 0 Å². The van der Waals surface area contributed by atoms with Crippen molar-refractivity contribution >= 4 is 39.5 Å². The van der Waals surface area contributed by atoms with E-state index in [1.165, 1.54) is 167 Å². The van der Waals surface area contributed by atoms with E-state index in [0.717, 1.165) is 108 Å². The molecule has 17 nitrogen and oxygen atoms in total. The highest BCUT2D eigenvalue weighted by Gasteiger charge is 2.30. The van der Waals surface area contributed by atoms with E-state index in [1.54, 1.807) is 0 Å². The van der Waals surface area contributed by atoms with Crippen LogP contribution in [0.2, 0.25) is 0 Å². The van der Waals surface area contributed by atoms with Crippen LogP contribution in [-0.2, 0) is 65.4 Å². The predicted octanol–water partition coefficient (Wildman–Crippen LogP) is 21.3. The molecule has 0 radical (unpaired) electrons. The largest absolute Gasteiger partial charge is 0.472 e. The molecule has 552 valence electrons. The van der Waals surface area contributed by atoms with Crippen LogP contribution in [0.25, 0.3) is 0 Å². The number of hydrogen-bond acceptors (Lipinski definition) is 15. The summed E-state index contributed by atoms with van der Waals surface area (Å²) in [6, 6.07) is 0. The Hall–Kier alpha value is -1.94. The zero-order valence-electron chi connectivity index (χ0n) is 60.9. The molecule has 0 fully saturated rings. The zero-order chi connectivity index (χ0) is 68.9. The Morgan fingerprint density at radius 1 is 0.301 bits per heavy atom. The Bertz CT molecular complexity index is 1840. The molecule has 0 bridgehead atoms. The van der Waals surface area contributed by atoms with Crippen molar-refractivity contribution in [2.45, 2.75) is 388 Å². The van der Waals surface area contributed by atoms with Gasteiger partial charge >= 0.3 is 39.5 Å². The lowest BCUT2D eigenvalue weighted by molar-refractivity contribution is -0.161. The first-order valence-corrected chi connectivity index (χ1v) is 41.2. The van der Waals surface area contributed by atoms with Gasteiger partial charge in [-0.3, -0.25) is 37.3 Å². The molecule has 0 saturated heterocycles. The van der Waals surface area contributed by atoms with Crippen molar-refractivity contribution in [3.05, 3.63) is 0 Å². The standard InChI is InChI=1S/C74H144O17P2/c1-9-67(8)53-45-37-29-21-17-12-10-11-13-18-22-30-38-46-54-71(76)84-60-69(90-73(78)56-48-40-31-23-19-15-14-16-20-26-34-42-50-64(2)3)62-88-92(80,81)86-58-68(75)59-87-93(82,83)89-63-70(91-74(79)57-49-41-33-25-28-36-44-52-66(6)7)61-85-72(77)55-47-39-32-24-27-35-43-51-65(4)5/h64-70,75H,9-63H2,1-8H3,(H,80,81)(H,82,83)/t67?,68?,69-,70-/m1/s1. The third kappa shape index (κ3) is 67.0. The molecule has 0 aliphatic heterocycles. The van der Waals surface area contributed by atoms with Crippen molar-refractivity contribution in [3.63, 3.8) is 0 Å². The van der Waals surface area contributed by atoms with Gasteiger partial charge in [0.15, 0.2) is 12.2 Å². The van der Waals surface area contributed by atoms with Gasteiger partial charge in [0.2, 0.25) is 0 Å². The van der Waals surface area contributed by atoms with Crippen molar-refractivity contribution in [3.8, 4) is 0 Å². The second-order valence-electron chi connectivity index (χ2n) is 28.4. The molecule has 0 aromatic heterocycles. The molecule has 0 aliphatic carbocycles. The van der Waals surface area contributed by atoms with Crippen molar-refractivity contribution in [2.24, 2.45) is 23.7 Å². The summed E-state index contributed by atoms with van der Waals surface area (Å²) in [6.07, 6.45) is 47.3. The SMILES string of the molecule is CCC(C)CCCCCCCCCCCCCCCCC(=O)OC[C@H](COP(=O)(O)OCC(O)COP(=O)(O)OC[C@@H](COC(=O)CCCCCCCCCC(C)C)OC(=O)CCCCCCCCCC(C)C)OC(=O)CCCCCCCCCCCCCCC(C)C. The first-order valence-electron chi connectivity index (χ1n) is 38.2. The van der Waals surface area contributed by atoms with E-state index in [9.17, 15) is 43.2 Å². The molecule has 93 heavy (non-hydrogen) atoms. The second kappa shape index (κ2) is 63.5. The van der Waals surface area contributed by atoms with Crippen LogP contribution in [0.4, 0.5) is 0 Å². The van der Waals surface area contributed by atoms with E-state index in [0.29, 0.717) is 37.5 Å². The monoisotopic (exact) mass is 1370 g/mol. The zero-order valence-corrected chi connectivity index (χ0v) is 62.7. The molecule has 0 heterocycles. The van der Waals surface area contributed by atoms with E-state index in [1.807, 2.05) is 0 Å². The van der Waals surface area contributed by atoms with Gasteiger partial charge in [-0.05, 0) is 49.4 Å². The molecule has 4 unspecified atom stereocenters. The van der Waals surface area contributed by atoms with Gasteiger partial charge in [0, 0.05) is 25.7 Å². The number of esters is 4. The van der Waals surface area contributed by atoms with E-state index >= 15 is 0 Å². The average molecular weight is 1370 g/mol. The first kappa shape index (κ1) is 91.1. The van der Waals surface area contributed by atoms with E-state index < -0.39 is 97.5 Å². The van der Waals surface area contributed by atoms with Gasteiger partial charge in [0.05, 0.1) is 26.4 Å². The minimum Gasteiger partial charge on any atom is -0.462 e. The van der Waals surface area contributed by atoms with Crippen LogP contribution < -0.4 is 0 Å². The Kier molecular flexibility index (Phi) is 62.2. The molecule has 3 N–H and O–H groups in total. The predicted molar refractivity (Wildman–Crippen MR) is 377 cm³/mol. The molecule has 0 aliphatic rings. The quantitative estimate of drug-likeness (QED) is 0.0222. The summed E-state index contributed by atoms with van der Waals surface area (Å²) in [5.41, 5.74) is 0. The molecule has 0 amide bonds. The molecule has 0 aromatic rings. The van der Waals surface area contributed by atoms with Crippen LogP contribution in [0.15, 0.2) is 0 Å². The first-order chi connectivity index (χ1) is 44.6. The molecule has 6 atom stereocenters. The molecule has 0 saturated carbocycles. The second-order valence-corrected chi connectivity index (χ2v) is 31.3. The maximum atomic E-state index is 13.1. The van der Waals surface area contributed by atoms with Crippen LogP contribution in [0.5, 0.6) is 0 Å². The number of phosphoric acid groups is 2. The number of unbranched alkanes of at least 4 members (excludes halogenated alkanes) is 36. The lowest BCUT2D eigenvalue weighted by Crippen LogP contribution is -2.30. The Morgan fingerprint density at radius 2 is 0.516 bits per heavy atom. The summed E-state index contributed by atoms with van der Waals surface area (Å²) < 4.78 is 68.4. The average Bonchev–Trinajstić information content (AvgIpc) is 2.46. The summed E-state index contributed by atoms with van der Waals surface area (Å²) >= 11 is 0. The normalized spacial score (nSPS) is 14.5. The Labute approximate surface area is 568 Å². The highest BCUT2D eigenvalue weighted by molar-refractivity contribution is 7.47. The van der Waals surface area contributed by atoms with Gasteiger partial charge in [-0.1, -0.05) is 319 Å². The molecule has 19 heteroatoms. The fraction of sp³-hybridized carbons (Fsp3) is 0.946. The van der Waals surface area contributed by atoms with Gasteiger partial charge in [-0.15, -0.1) is 0 Å². The van der Waals surface area contributed by atoms with Crippen molar-refractivity contribution in [1.29, 1.82) is 0 Å². The van der Waals surface area contributed by atoms with Gasteiger partial charge in [-0.25, -0.2) is 9.13 Å². The number of carbonyl (C=O) groups is 4. The smallest absolute Gasteiger partial charge is 0.462 e. The van der Waals surface area contributed by atoms with Gasteiger partial charge < -0.3 is 33.8 Å². The van der Waals surface area contributed by atoms with Crippen LogP contribution in [-0.4, -0.2) is 96.7 Å². The number of ether oxygens (including phenoxy) is 4. The number of rotatable bonds is 71. The number of phosphoric ester groups is 2. The third-order valence-electron chi connectivity index (χ3n) is 17.4. The number of aliphatic hydroxyl groups excluding tert-OH is 1. The lowest BCUT2D eigenvalue weighted by atomic mass is 9.99. The summed E-state index contributed by atoms with van der Waals surface area (Å²) in [4.78, 5) is 72.7. The highest BCUT2D eigenvalue weighted by Crippen LogP contribution is 2.45. The van der Waals surface area contributed by atoms with Crippen molar-refractivity contribution in [1.82, 2.24) is 0 Å². The van der Waals surface area contributed by atoms with Gasteiger partial charge in [0.25, 0.3) is 0 Å². The molecular weight excluding hydrogens is 1220 g/mol. The Morgan fingerprint density at radius 3 is 0.763 bits per heavy atom. The van der Waals surface area contributed by atoms with E-state index in [2.05, 4.69) is 55.4 Å². The molecule has 0 spiro atoms. The summed E-state index contributed by atoms with van der Waals surface area (Å²) in [7, 11) is -9.91. The van der Waals surface area contributed by atoms with Crippen molar-refractivity contribution < 1.29 is 80.2 Å². The van der Waals surface area contributed by atoms with Gasteiger partial charge in [0.1, 0.15) is 19.3 Å². The topological polar surface area (TPSA) is 237 Å². The van der Waals surface area contributed by atoms with E-state index in [-0.39, 0.29) is 25.7 Å². The Balaban J connectivity index is 5.23. The third-order valence-corrected chi connectivity index (χ3v) is 19.3.